The fraction of sp³-hybridized carbons (Fsp3) is 0.500. The third-order valence-electron chi connectivity index (χ3n) is 4.23. The fourth-order valence-electron chi connectivity index (χ4n) is 2.92. The first-order valence-electron chi connectivity index (χ1n) is 8.14. The van der Waals surface area contributed by atoms with E-state index in [1.165, 1.54) is 23.1 Å². The van der Waals surface area contributed by atoms with E-state index >= 15 is 0 Å². The zero-order chi connectivity index (χ0) is 17.5. The summed E-state index contributed by atoms with van der Waals surface area (Å²) in [6.07, 6.45) is 3.27. The van der Waals surface area contributed by atoms with Gasteiger partial charge < -0.3 is 14.7 Å². The molecule has 0 unspecified atom stereocenters. The van der Waals surface area contributed by atoms with Crippen molar-refractivity contribution >= 4 is 17.7 Å². The number of aryl methyl sites for hydroxylation is 2. The molecule has 0 saturated heterocycles. The van der Waals surface area contributed by atoms with Gasteiger partial charge in [-0.05, 0) is 36.5 Å². The van der Waals surface area contributed by atoms with Gasteiger partial charge in [-0.2, -0.15) is 0 Å². The number of carbonyl (C=O) groups excluding carboxylic acids is 2. The summed E-state index contributed by atoms with van der Waals surface area (Å²) >= 11 is 0. The van der Waals surface area contributed by atoms with Gasteiger partial charge in [-0.25, -0.2) is 0 Å². The molecule has 0 atom stereocenters. The molecule has 0 heterocycles. The van der Waals surface area contributed by atoms with Crippen molar-refractivity contribution in [2.45, 2.75) is 32.1 Å². The summed E-state index contributed by atoms with van der Waals surface area (Å²) in [6, 6.07) is 5.73. The van der Waals surface area contributed by atoms with Crippen LogP contribution in [0.1, 0.15) is 40.7 Å². The number of ether oxygens (including phenoxy) is 1. The number of nitrogens with zero attached hydrogens (tertiary/aromatic N) is 1. The number of ketones is 1. The normalized spacial score (nSPS) is 12.7. The van der Waals surface area contributed by atoms with E-state index in [1.54, 1.807) is 0 Å². The molecule has 0 spiro atoms. The molecule has 1 aliphatic rings. The summed E-state index contributed by atoms with van der Waals surface area (Å²) in [4.78, 5) is 36.5. The maximum atomic E-state index is 12.3. The number of benzene rings is 1. The van der Waals surface area contributed by atoms with E-state index in [2.05, 4.69) is 0 Å². The molecule has 0 saturated carbocycles. The number of carboxylic acid groups (broad SMARTS) is 1. The lowest BCUT2D eigenvalue weighted by Crippen LogP contribution is -2.38. The van der Waals surface area contributed by atoms with Gasteiger partial charge in [0, 0.05) is 32.1 Å². The standard InChI is InChI=1S/C18H23NO5/c1-24-10-9-19(12-18(22)23)17(21)8-7-16(20)15-6-5-13-3-2-4-14(13)11-15/h5-6,11H,2-4,7-10,12H2,1H3,(H,22,23). The Hall–Kier alpha value is -2.21. The molecular formula is C18H23NO5. The van der Waals surface area contributed by atoms with Crippen LogP contribution in [-0.4, -0.2) is 54.5 Å². The van der Waals surface area contributed by atoms with Crippen LogP contribution in [0.25, 0.3) is 0 Å². The Morgan fingerprint density at radius 2 is 1.92 bits per heavy atom. The lowest BCUT2D eigenvalue weighted by molar-refractivity contribution is -0.144. The van der Waals surface area contributed by atoms with Crippen LogP contribution in [-0.2, 0) is 27.2 Å². The van der Waals surface area contributed by atoms with E-state index in [0.717, 1.165) is 19.3 Å². The van der Waals surface area contributed by atoms with Crippen LogP contribution in [0.2, 0.25) is 0 Å². The van der Waals surface area contributed by atoms with Gasteiger partial charge in [0.2, 0.25) is 5.91 Å². The van der Waals surface area contributed by atoms with E-state index in [-0.39, 0.29) is 44.2 Å². The molecule has 0 bridgehead atoms. The maximum Gasteiger partial charge on any atom is 0.323 e. The van der Waals surface area contributed by atoms with Gasteiger partial charge in [-0.3, -0.25) is 14.4 Å². The van der Waals surface area contributed by atoms with E-state index in [0.29, 0.717) is 5.56 Å². The van der Waals surface area contributed by atoms with Crippen molar-refractivity contribution in [2.24, 2.45) is 0 Å². The summed E-state index contributed by atoms with van der Waals surface area (Å²) < 4.78 is 4.89. The topological polar surface area (TPSA) is 83.9 Å². The minimum Gasteiger partial charge on any atom is -0.480 e. The maximum absolute atomic E-state index is 12.3. The van der Waals surface area contributed by atoms with Crippen molar-refractivity contribution in [1.29, 1.82) is 0 Å². The summed E-state index contributed by atoms with van der Waals surface area (Å²) in [5.74, 6) is -1.51. The molecule has 1 N–H and O–H groups in total. The molecule has 130 valence electrons. The molecule has 0 fully saturated rings. The zero-order valence-electron chi connectivity index (χ0n) is 13.9. The van der Waals surface area contributed by atoms with Crippen LogP contribution in [0, 0.1) is 0 Å². The van der Waals surface area contributed by atoms with E-state index in [4.69, 9.17) is 9.84 Å². The Morgan fingerprint density at radius 1 is 1.17 bits per heavy atom. The number of amides is 1. The van der Waals surface area contributed by atoms with Crippen molar-refractivity contribution in [1.82, 2.24) is 4.90 Å². The lowest BCUT2D eigenvalue weighted by Gasteiger charge is -2.20. The van der Waals surface area contributed by atoms with Crippen molar-refractivity contribution in [2.75, 3.05) is 26.8 Å². The second-order valence-corrected chi connectivity index (χ2v) is 5.96. The van der Waals surface area contributed by atoms with Crippen LogP contribution in [0.3, 0.4) is 0 Å². The van der Waals surface area contributed by atoms with E-state index in [1.807, 2.05) is 18.2 Å². The molecule has 1 amide bonds. The van der Waals surface area contributed by atoms with Gasteiger partial charge in [0.25, 0.3) is 0 Å². The zero-order valence-corrected chi connectivity index (χ0v) is 13.9. The monoisotopic (exact) mass is 333 g/mol. The quantitative estimate of drug-likeness (QED) is 0.695. The van der Waals surface area contributed by atoms with Crippen molar-refractivity contribution in [3.05, 3.63) is 34.9 Å². The summed E-state index contributed by atoms with van der Waals surface area (Å²) in [6.45, 7) is 0.0850. The number of hydrogen-bond acceptors (Lipinski definition) is 4. The van der Waals surface area contributed by atoms with E-state index in [9.17, 15) is 14.4 Å². The van der Waals surface area contributed by atoms with Crippen LogP contribution in [0.15, 0.2) is 18.2 Å². The van der Waals surface area contributed by atoms with E-state index < -0.39 is 5.97 Å². The number of hydrogen-bond donors (Lipinski definition) is 1. The van der Waals surface area contributed by atoms with Crippen LogP contribution in [0.5, 0.6) is 0 Å². The molecule has 0 radical (unpaired) electrons. The number of carbonyl (C=O) groups is 3. The average Bonchev–Trinajstić information content (AvgIpc) is 3.03. The fourth-order valence-corrected chi connectivity index (χ4v) is 2.92. The molecule has 2 rings (SSSR count). The van der Waals surface area contributed by atoms with Gasteiger partial charge >= 0.3 is 5.97 Å². The lowest BCUT2D eigenvalue weighted by atomic mass is 10.0. The highest BCUT2D eigenvalue weighted by atomic mass is 16.5. The molecular weight excluding hydrogens is 310 g/mol. The second kappa shape index (κ2) is 8.59. The number of fused-ring (bicyclic) bond motifs is 1. The molecule has 1 aliphatic carbocycles. The first kappa shape index (κ1) is 18.1. The minimum absolute atomic E-state index is 0.00686. The largest absolute Gasteiger partial charge is 0.480 e. The number of aliphatic carboxylic acids is 1. The van der Waals surface area contributed by atoms with Gasteiger partial charge in [0.15, 0.2) is 5.78 Å². The molecule has 0 aliphatic heterocycles. The Balaban J connectivity index is 1.91. The molecule has 1 aromatic carbocycles. The summed E-state index contributed by atoms with van der Waals surface area (Å²) in [5, 5.41) is 8.88. The number of methoxy groups -OCH3 is 1. The summed E-state index contributed by atoms with van der Waals surface area (Å²) in [7, 11) is 1.49. The number of carboxylic acids is 1. The predicted octanol–water partition coefficient (Wildman–Crippen LogP) is 1.70. The van der Waals surface area contributed by atoms with Crippen molar-refractivity contribution in [3.8, 4) is 0 Å². The Morgan fingerprint density at radius 3 is 2.62 bits per heavy atom. The molecule has 6 heteroatoms. The first-order valence-corrected chi connectivity index (χ1v) is 8.14. The number of rotatable bonds is 9. The second-order valence-electron chi connectivity index (χ2n) is 5.96. The Kier molecular flexibility index (Phi) is 6.49. The van der Waals surface area contributed by atoms with Crippen LogP contribution >= 0.6 is 0 Å². The van der Waals surface area contributed by atoms with Crippen molar-refractivity contribution in [3.63, 3.8) is 0 Å². The van der Waals surface area contributed by atoms with Gasteiger partial charge in [-0.1, -0.05) is 12.1 Å². The van der Waals surface area contributed by atoms with Gasteiger partial charge in [0.05, 0.1) is 6.61 Å². The first-order chi connectivity index (χ1) is 11.5. The third-order valence-corrected chi connectivity index (χ3v) is 4.23. The van der Waals surface area contributed by atoms with Gasteiger partial charge in [-0.15, -0.1) is 0 Å². The highest BCUT2D eigenvalue weighted by Crippen LogP contribution is 2.23. The molecule has 1 aromatic rings. The third kappa shape index (κ3) is 4.89. The molecule has 6 nitrogen and oxygen atoms in total. The van der Waals surface area contributed by atoms with Crippen LogP contribution in [0.4, 0.5) is 0 Å². The predicted molar refractivity (Wildman–Crippen MR) is 88.1 cm³/mol. The Bertz CT molecular complexity index is 626. The number of Topliss-reactive ketones (excluding diaryl/α,β-unsaturated/α-hetero) is 1. The minimum atomic E-state index is -1.08. The highest BCUT2D eigenvalue weighted by Gasteiger charge is 2.19. The summed E-state index contributed by atoms with van der Waals surface area (Å²) in [5.41, 5.74) is 3.15. The highest BCUT2D eigenvalue weighted by molar-refractivity contribution is 5.98. The smallest absolute Gasteiger partial charge is 0.323 e. The SMILES string of the molecule is COCCN(CC(=O)O)C(=O)CCC(=O)c1ccc2c(c1)CCC2. The average molecular weight is 333 g/mol. The molecule has 24 heavy (non-hydrogen) atoms. The van der Waals surface area contributed by atoms with Crippen molar-refractivity contribution < 1.29 is 24.2 Å². The molecule has 0 aromatic heterocycles. The Labute approximate surface area is 141 Å². The van der Waals surface area contributed by atoms with Gasteiger partial charge in [0.1, 0.15) is 6.54 Å². The van der Waals surface area contributed by atoms with Crippen LogP contribution < -0.4 is 0 Å².